The summed E-state index contributed by atoms with van der Waals surface area (Å²) in [6, 6.07) is 0. The smallest absolute Gasteiger partial charge is 0.683 e. The molecule has 0 bridgehead atoms. The van der Waals surface area contributed by atoms with Crippen LogP contribution in [0.4, 0.5) is 0 Å². The van der Waals surface area contributed by atoms with Crippen molar-refractivity contribution < 1.29 is 26.2 Å². The fraction of sp³-hybridized carbons (Fsp3) is 0.538. The molecule has 16 heavy (non-hydrogen) atoms. The third-order valence-corrected chi connectivity index (χ3v) is 1.23. The molecule has 0 spiro atoms. The first-order valence-corrected chi connectivity index (χ1v) is 7.13. The van der Waals surface area contributed by atoms with Crippen LogP contribution in [-0.2, 0) is 26.2 Å². The van der Waals surface area contributed by atoms with Gasteiger partial charge in [-0.2, -0.15) is 5.70 Å². The monoisotopic (exact) mass is 315 g/mol. The second-order valence-corrected chi connectivity index (χ2v) is 5.30. The van der Waals surface area contributed by atoms with Gasteiger partial charge in [0.05, 0.1) is 0 Å². The molecule has 0 aliphatic heterocycles. The Labute approximate surface area is 125 Å². The second kappa shape index (κ2) is 13.4. The molecule has 0 aromatic carbocycles. The minimum absolute atomic E-state index is 0. The standard InChI is InChI=1S/C9H14N.C2H7Si.2CH3.Zr/c1-9(2,3)10-8-6-4-5-7-8;1-3-2;;;/h4-6H,7H2,1-3H3;3H,1-2H3;2*1H3;/q-1;;2*-1;+3. The van der Waals surface area contributed by atoms with E-state index < -0.39 is 0 Å². The van der Waals surface area contributed by atoms with E-state index in [0.717, 1.165) is 15.9 Å². The number of rotatable bonds is 1. The molecule has 0 heterocycles. The fourth-order valence-corrected chi connectivity index (χ4v) is 0.950. The van der Waals surface area contributed by atoms with E-state index in [9.17, 15) is 0 Å². The Morgan fingerprint density at radius 1 is 1.19 bits per heavy atom. The average molecular weight is 317 g/mol. The summed E-state index contributed by atoms with van der Waals surface area (Å²) in [5, 5.41) is 4.51. The molecule has 0 aromatic heterocycles. The summed E-state index contributed by atoms with van der Waals surface area (Å²) in [5.74, 6) is 0. The second-order valence-electron chi connectivity index (χ2n) is 4.15. The van der Waals surface area contributed by atoms with Gasteiger partial charge in [0.1, 0.15) is 0 Å². The Balaban J connectivity index is -0.000000109. The summed E-state index contributed by atoms with van der Waals surface area (Å²) in [7, 11) is 0.750. The number of allylic oxidation sites excluding steroid dienone is 3. The van der Waals surface area contributed by atoms with Gasteiger partial charge in [-0.05, 0) is 6.42 Å². The van der Waals surface area contributed by atoms with Crippen LogP contribution in [-0.4, -0.2) is 15.1 Å². The number of hydrogen-bond acceptors (Lipinski definition) is 0. The molecule has 0 aromatic rings. The largest absolute Gasteiger partial charge is 3.00 e. The molecule has 0 fully saturated rings. The van der Waals surface area contributed by atoms with Crippen molar-refractivity contribution in [3.05, 3.63) is 44.1 Å². The molecule has 1 aliphatic rings. The summed E-state index contributed by atoms with van der Waals surface area (Å²) >= 11 is 0. The van der Waals surface area contributed by atoms with Gasteiger partial charge in [-0.3, -0.25) is 0 Å². The van der Waals surface area contributed by atoms with E-state index >= 15 is 0 Å². The fourth-order valence-electron chi connectivity index (χ4n) is 0.950. The van der Waals surface area contributed by atoms with E-state index in [0.29, 0.717) is 0 Å². The number of hydrogen-bond donors (Lipinski definition) is 0. The van der Waals surface area contributed by atoms with Gasteiger partial charge >= 0.3 is 26.2 Å². The van der Waals surface area contributed by atoms with Crippen molar-refractivity contribution in [2.75, 3.05) is 0 Å². The van der Waals surface area contributed by atoms with Crippen LogP contribution in [0.3, 0.4) is 0 Å². The third kappa shape index (κ3) is 16.8. The molecule has 2 radical (unpaired) electrons. The van der Waals surface area contributed by atoms with Gasteiger partial charge in [-0.25, -0.2) is 0 Å². The van der Waals surface area contributed by atoms with Crippen molar-refractivity contribution in [2.24, 2.45) is 0 Å². The average Bonchev–Trinajstić information content (AvgIpc) is 2.37. The van der Waals surface area contributed by atoms with Crippen LogP contribution in [0.1, 0.15) is 27.2 Å². The predicted molar refractivity (Wildman–Crippen MR) is 76.7 cm³/mol. The van der Waals surface area contributed by atoms with Crippen molar-refractivity contribution in [1.29, 1.82) is 0 Å². The van der Waals surface area contributed by atoms with Crippen molar-refractivity contribution in [3.8, 4) is 0 Å². The van der Waals surface area contributed by atoms with Gasteiger partial charge in [-0.15, -0.1) is 5.54 Å². The topological polar surface area (TPSA) is 14.1 Å². The van der Waals surface area contributed by atoms with Crippen LogP contribution in [0, 0.1) is 14.9 Å². The van der Waals surface area contributed by atoms with Gasteiger partial charge in [0.25, 0.3) is 0 Å². The van der Waals surface area contributed by atoms with Crippen LogP contribution in [0.5, 0.6) is 0 Å². The van der Waals surface area contributed by atoms with Gasteiger partial charge in [0.2, 0.25) is 0 Å². The first kappa shape index (κ1) is 25.3. The maximum Gasteiger partial charge on any atom is 3.00 e. The molecular formula is C13H27NSiZr. The van der Waals surface area contributed by atoms with Crippen molar-refractivity contribution >= 4 is 9.52 Å². The SMILES string of the molecule is CC(C)(C)[N-]C1=CC=CC1.C[SiH]C.[CH3-].[CH3-].[Zr+3]. The van der Waals surface area contributed by atoms with Crippen LogP contribution >= 0.6 is 0 Å². The molecule has 0 saturated heterocycles. The molecule has 0 unspecified atom stereocenters. The Morgan fingerprint density at radius 2 is 1.62 bits per heavy atom. The zero-order valence-electron chi connectivity index (χ0n) is 12.0. The molecule has 3 heteroatoms. The summed E-state index contributed by atoms with van der Waals surface area (Å²) < 4.78 is 0. The zero-order chi connectivity index (χ0) is 10.3. The Bertz CT molecular complexity index is 193. The summed E-state index contributed by atoms with van der Waals surface area (Å²) in [6.07, 6.45) is 7.28. The van der Waals surface area contributed by atoms with Gasteiger partial charge in [-0.1, -0.05) is 52.1 Å². The molecule has 0 amide bonds. The quantitative estimate of drug-likeness (QED) is 0.502. The molecule has 1 nitrogen and oxygen atoms in total. The Kier molecular flexibility index (Phi) is 21.2. The summed E-state index contributed by atoms with van der Waals surface area (Å²) in [5.41, 5.74) is 1.28. The van der Waals surface area contributed by atoms with E-state index in [1.165, 1.54) is 5.70 Å². The molecule has 0 saturated carbocycles. The Hall–Kier alpha value is 0.380. The van der Waals surface area contributed by atoms with Gasteiger partial charge in [0.15, 0.2) is 0 Å². The van der Waals surface area contributed by atoms with E-state index in [1.54, 1.807) is 0 Å². The molecule has 1 rings (SSSR count). The van der Waals surface area contributed by atoms with E-state index in [2.05, 4.69) is 57.4 Å². The van der Waals surface area contributed by atoms with Crippen LogP contribution in [0.25, 0.3) is 5.32 Å². The maximum atomic E-state index is 4.51. The number of nitrogens with zero attached hydrogens (tertiary/aromatic N) is 1. The molecule has 0 atom stereocenters. The Morgan fingerprint density at radius 3 is 1.88 bits per heavy atom. The molecule has 92 valence electrons. The normalized spacial score (nSPS) is 11.9. The van der Waals surface area contributed by atoms with Crippen LogP contribution < -0.4 is 0 Å². The van der Waals surface area contributed by atoms with Gasteiger partial charge < -0.3 is 20.2 Å². The van der Waals surface area contributed by atoms with E-state index in [-0.39, 0.29) is 46.6 Å². The van der Waals surface area contributed by atoms with E-state index in [4.69, 9.17) is 0 Å². The summed E-state index contributed by atoms with van der Waals surface area (Å²) in [6.45, 7) is 10.8. The van der Waals surface area contributed by atoms with Crippen molar-refractivity contribution in [2.45, 2.75) is 45.8 Å². The van der Waals surface area contributed by atoms with Crippen LogP contribution in [0.15, 0.2) is 23.9 Å². The van der Waals surface area contributed by atoms with Crippen LogP contribution in [0.2, 0.25) is 13.1 Å². The third-order valence-electron chi connectivity index (χ3n) is 1.23. The van der Waals surface area contributed by atoms with E-state index in [1.807, 2.05) is 0 Å². The molecule has 0 N–H and O–H groups in total. The first-order valence-electron chi connectivity index (χ1n) is 4.82. The van der Waals surface area contributed by atoms with Crippen molar-refractivity contribution in [3.63, 3.8) is 0 Å². The van der Waals surface area contributed by atoms with Crippen molar-refractivity contribution in [1.82, 2.24) is 0 Å². The zero-order valence-corrected chi connectivity index (χ0v) is 15.6. The minimum Gasteiger partial charge on any atom is -0.683 e. The summed E-state index contributed by atoms with van der Waals surface area (Å²) in [4.78, 5) is 0. The van der Waals surface area contributed by atoms with Gasteiger partial charge in [0, 0.05) is 9.52 Å². The maximum absolute atomic E-state index is 4.51. The first-order chi connectivity index (χ1) is 5.99. The predicted octanol–water partition coefficient (Wildman–Crippen LogP) is 4.42. The minimum atomic E-state index is 0. The molecule has 1 aliphatic carbocycles. The molecular weight excluding hydrogens is 289 g/mol.